The molecule has 0 aromatic carbocycles. The summed E-state index contributed by atoms with van der Waals surface area (Å²) in [5, 5.41) is 0. The number of ether oxygens (including phenoxy) is 1. The first-order valence-corrected chi connectivity index (χ1v) is 6.19. The zero-order valence-electron chi connectivity index (χ0n) is 9.41. The van der Waals surface area contributed by atoms with Crippen LogP contribution < -0.4 is 0 Å². The van der Waals surface area contributed by atoms with Crippen molar-refractivity contribution in [2.75, 3.05) is 32.8 Å². The fraction of sp³-hybridized carbons (Fsp3) is 0.917. The van der Waals surface area contributed by atoms with Gasteiger partial charge in [0.1, 0.15) is 5.78 Å². The van der Waals surface area contributed by atoms with Gasteiger partial charge in [0, 0.05) is 32.0 Å². The van der Waals surface area contributed by atoms with Crippen molar-refractivity contribution in [3.8, 4) is 0 Å². The molecule has 1 atom stereocenters. The Morgan fingerprint density at radius 3 is 3.00 bits per heavy atom. The Labute approximate surface area is 91.8 Å². The third-order valence-electron chi connectivity index (χ3n) is 3.54. The van der Waals surface area contributed by atoms with Crippen molar-refractivity contribution in [3.05, 3.63) is 0 Å². The van der Waals surface area contributed by atoms with E-state index in [4.69, 9.17) is 4.74 Å². The fourth-order valence-corrected chi connectivity index (χ4v) is 2.55. The van der Waals surface area contributed by atoms with E-state index in [1.54, 1.807) is 0 Å². The average molecular weight is 211 g/mol. The summed E-state index contributed by atoms with van der Waals surface area (Å²) in [6.07, 6.45) is 5.28. The van der Waals surface area contributed by atoms with Crippen LogP contribution in [-0.2, 0) is 9.53 Å². The van der Waals surface area contributed by atoms with E-state index in [1.807, 2.05) is 0 Å². The van der Waals surface area contributed by atoms with E-state index < -0.39 is 0 Å². The molecule has 0 aromatic rings. The van der Waals surface area contributed by atoms with Crippen molar-refractivity contribution >= 4 is 5.78 Å². The summed E-state index contributed by atoms with van der Waals surface area (Å²) >= 11 is 0. The van der Waals surface area contributed by atoms with E-state index in [2.05, 4.69) is 4.90 Å². The molecule has 0 aromatic heterocycles. The van der Waals surface area contributed by atoms with E-state index in [1.165, 1.54) is 0 Å². The van der Waals surface area contributed by atoms with Gasteiger partial charge in [0.2, 0.25) is 0 Å². The van der Waals surface area contributed by atoms with Crippen LogP contribution in [0.1, 0.15) is 32.1 Å². The number of Topliss-reactive ketones (excluding diaryl/α,β-unsaturated/α-hetero) is 1. The van der Waals surface area contributed by atoms with Crippen molar-refractivity contribution in [1.29, 1.82) is 0 Å². The van der Waals surface area contributed by atoms with Gasteiger partial charge in [-0.15, -0.1) is 0 Å². The lowest BCUT2D eigenvalue weighted by Crippen LogP contribution is -2.29. The van der Waals surface area contributed by atoms with E-state index in [-0.39, 0.29) is 0 Å². The molecule has 1 aliphatic carbocycles. The van der Waals surface area contributed by atoms with Gasteiger partial charge < -0.3 is 9.64 Å². The number of rotatable bonds is 3. The molecule has 1 saturated heterocycles. The molecule has 2 fully saturated rings. The summed E-state index contributed by atoms with van der Waals surface area (Å²) in [4.78, 5) is 13.9. The molecule has 1 saturated carbocycles. The second-order valence-electron chi connectivity index (χ2n) is 4.65. The molecular weight excluding hydrogens is 190 g/mol. The molecule has 0 N–H and O–H groups in total. The standard InChI is InChI=1S/C12H21NO2/c14-12-4-1-3-11(12)5-7-13-6-2-9-15-10-8-13/h11H,1-10H2. The van der Waals surface area contributed by atoms with Crippen LogP contribution in [0.25, 0.3) is 0 Å². The van der Waals surface area contributed by atoms with Crippen LogP contribution in [0.3, 0.4) is 0 Å². The Bertz CT molecular complexity index is 210. The van der Waals surface area contributed by atoms with Crippen molar-refractivity contribution < 1.29 is 9.53 Å². The van der Waals surface area contributed by atoms with Gasteiger partial charge in [-0.1, -0.05) is 0 Å². The third-order valence-corrected chi connectivity index (χ3v) is 3.54. The molecule has 0 spiro atoms. The van der Waals surface area contributed by atoms with Gasteiger partial charge in [-0.3, -0.25) is 4.79 Å². The van der Waals surface area contributed by atoms with Gasteiger partial charge in [-0.2, -0.15) is 0 Å². The quantitative estimate of drug-likeness (QED) is 0.708. The predicted octanol–water partition coefficient (Wildman–Crippen LogP) is 1.47. The molecule has 0 amide bonds. The van der Waals surface area contributed by atoms with Gasteiger partial charge in [-0.05, 0) is 32.2 Å². The first-order valence-electron chi connectivity index (χ1n) is 6.19. The monoisotopic (exact) mass is 211 g/mol. The van der Waals surface area contributed by atoms with Crippen LogP contribution in [0.15, 0.2) is 0 Å². The van der Waals surface area contributed by atoms with E-state index in [9.17, 15) is 4.79 Å². The maximum atomic E-state index is 11.5. The summed E-state index contributed by atoms with van der Waals surface area (Å²) < 4.78 is 5.41. The van der Waals surface area contributed by atoms with Gasteiger partial charge in [0.15, 0.2) is 0 Å². The maximum Gasteiger partial charge on any atom is 0.136 e. The van der Waals surface area contributed by atoms with E-state index >= 15 is 0 Å². The Hall–Kier alpha value is -0.410. The molecule has 3 heteroatoms. The second-order valence-corrected chi connectivity index (χ2v) is 4.65. The first-order chi connectivity index (χ1) is 7.36. The SMILES string of the molecule is O=C1CCCC1CCN1CCCOCC1. The largest absolute Gasteiger partial charge is 0.380 e. The normalized spacial score (nSPS) is 29.3. The summed E-state index contributed by atoms with van der Waals surface area (Å²) in [6.45, 7) is 5.03. The Morgan fingerprint density at radius 1 is 1.27 bits per heavy atom. The highest BCUT2D eigenvalue weighted by molar-refractivity contribution is 5.82. The summed E-state index contributed by atoms with van der Waals surface area (Å²) in [7, 11) is 0. The molecule has 1 heterocycles. The molecular formula is C12H21NO2. The highest BCUT2D eigenvalue weighted by Gasteiger charge is 2.24. The highest BCUT2D eigenvalue weighted by atomic mass is 16.5. The van der Waals surface area contributed by atoms with E-state index in [0.717, 1.165) is 65.0 Å². The summed E-state index contributed by atoms with van der Waals surface area (Å²) in [5.74, 6) is 0.871. The van der Waals surface area contributed by atoms with Gasteiger partial charge in [0.05, 0.1) is 6.61 Å². The van der Waals surface area contributed by atoms with Crippen LogP contribution in [-0.4, -0.2) is 43.5 Å². The zero-order valence-corrected chi connectivity index (χ0v) is 9.41. The lowest BCUT2D eigenvalue weighted by atomic mass is 10.0. The number of nitrogens with zero attached hydrogens (tertiary/aromatic N) is 1. The molecule has 15 heavy (non-hydrogen) atoms. The fourth-order valence-electron chi connectivity index (χ4n) is 2.55. The number of carbonyl (C=O) groups is 1. The molecule has 0 bridgehead atoms. The maximum absolute atomic E-state index is 11.5. The molecule has 0 radical (unpaired) electrons. The van der Waals surface area contributed by atoms with Crippen LogP contribution in [0.5, 0.6) is 0 Å². The van der Waals surface area contributed by atoms with Gasteiger partial charge in [0.25, 0.3) is 0 Å². The predicted molar refractivity (Wildman–Crippen MR) is 58.8 cm³/mol. The summed E-state index contributed by atoms with van der Waals surface area (Å²) in [6, 6.07) is 0. The van der Waals surface area contributed by atoms with Crippen LogP contribution in [0.4, 0.5) is 0 Å². The Balaban J connectivity index is 1.69. The second kappa shape index (κ2) is 5.61. The van der Waals surface area contributed by atoms with Gasteiger partial charge in [-0.25, -0.2) is 0 Å². The topological polar surface area (TPSA) is 29.5 Å². The van der Waals surface area contributed by atoms with Crippen LogP contribution >= 0.6 is 0 Å². The Kier molecular flexibility index (Phi) is 4.15. The number of hydrogen-bond acceptors (Lipinski definition) is 3. The van der Waals surface area contributed by atoms with Crippen LogP contribution in [0, 0.1) is 5.92 Å². The van der Waals surface area contributed by atoms with Crippen molar-refractivity contribution in [1.82, 2.24) is 4.90 Å². The zero-order chi connectivity index (χ0) is 10.5. The van der Waals surface area contributed by atoms with Gasteiger partial charge >= 0.3 is 0 Å². The number of carbonyl (C=O) groups excluding carboxylic acids is 1. The Morgan fingerprint density at radius 2 is 2.20 bits per heavy atom. The average Bonchev–Trinajstić information content (AvgIpc) is 2.53. The minimum atomic E-state index is 0.370. The van der Waals surface area contributed by atoms with Crippen LogP contribution in [0.2, 0.25) is 0 Å². The highest BCUT2D eigenvalue weighted by Crippen LogP contribution is 2.24. The third kappa shape index (κ3) is 3.28. The molecule has 3 nitrogen and oxygen atoms in total. The molecule has 86 valence electrons. The lowest BCUT2D eigenvalue weighted by molar-refractivity contribution is -0.120. The minimum absolute atomic E-state index is 0.370. The minimum Gasteiger partial charge on any atom is -0.380 e. The first kappa shape index (κ1) is 11.1. The molecule has 2 rings (SSSR count). The van der Waals surface area contributed by atoms with Crippen molar-refractivity contribution in [3.63, 3.8) is 0 Å². The summed E-state index contributed by atoms with van der Waals surface area (Å²) in [5.41, 5.74) is 0. The van der Waals surface area contributed by atoms with Crippen molar-refractivity contribution in [2.24, 2.45) is 5.92 Å². The molecule has 1 aliphatic heterocycles. The smallest absolute Gasteiger partial charge is 0.136 e. The number of ketones is 1. The lowest BCUT2D eigenvalue weighted by Gasteiger charge is -2.20. The molecule has 2 aliphatic rings. The van der Waals surface area contributed by atoms with E-state index in [0.29, 0.717) is 11.7 Å². The molecule has 1 unspecified atom stereocenters. The number of hydrogen-bond donors (Lipinski definition) is 0. The van der Waals surface area contributed by atoms with Crippen molar-refractivity contribution in [2.45, 2.75) is 32.1 Å².